The summed E-state index contributed by atoms with van der Waals surface area (Å²) in [5, 5.41) is 15.6. The molecule has 0 spiro atoms. The van der Waals surface area contributed by atoms with Crippen LogP contribution in [0.3, 0.4) is 0 Å². The highest BCUT2D eigenvalue weighted by Crippen LogP contribution is 1.86. The molecule has 0 bridgehead atoms. The number of hydrogen-bond acceptors (Lipinski definition) is 2. The zero-order valence-corrected chi connectivity index (χ0v) is 7.70. The monoisotopic (exact) mass is 192 g/mol. The van der Waals surface area contributed by atoms with E-state index in [-0.39, 0.29) is 0 Å². The molecule has 2 nitrogen and oxygen atoms in total. The van der Waals surface area contributed by atoms with Gasteiger partial charge in [-0.05, 0) is 6.42 Å². The molecule has 62 valence electrons. The Morgan fingerprint density at radius 3 is 1.55 bits per heavy atom. The van der Waals surface area contributed by atoms with Gasteiger partial charge in [0, 0.05) is 24.6 Å². The van der Waals surface area contributed by atoms with Gasteiger partial charge in [-0.1, -0.05) is 0 Å². The van der Waals surface area contributed by atoms with E-state index in [2.05, 4.69) is 0 Å². The van der Waals surface area contributed by atoms with Gasteiger partial charge in [0.05, 0.1) is 12.1 Å². The molecule has 0 fully saturated rings. The summed E-state index contributed by atoms with van der Waals surface area (Å²) in [5.41, 5.74) is 0. The van der Waals surface area contributed by atoms with E-state index in [0.717, 1.165) is 6.42 Å². The quantitative estimate of drug-likeness (QED) is 0.510. The lowest BCUT2D eigenvalue weighted by atomic mass is 10.4. The standard InChI is InChI=1S/C4H6ClN.C3H4ClN/c5-3-1-2-4-6;4-2-1-3-5/h1-3H2;1-2H2. The van der Waals surface area contributed by atoms with Crippen molar-refractivity contribution in [1.82, 2.24) is 0 Å². The molecular formula is C7H10Cl2N2. The number of nitrogens with zero attached hydrogens (tertiary/aromatic N) is 2. The molecule has 0 radical (unpaired) electrons. The second kappa shape index (κ2) is 16.3. The van der Waals surface area contributed by atoms with Crippen LogP contribution in [0.25, 0.3) is 0 Å². The lowest BCUT2D eigenvalue weighted by Crippen LogP contribution is -1.68. The van der Waals surface area contributed by atoms with Crippen LogP contribution in [0.1, 0.15) is 19.3 Å². The Labute approximate surface area is 77.3 Å². The van der Waals surface area contributed by atoms with Crippen molar-refractivity contribution in [3.05, 3.63) is 0 Å². The Kier molecular flexibility index (Phi) is 19.5. The molecule has 0 aliphatic carbocycles. The molecule has 4 heteroatoms. The molecule has 0 saturated carbocycles. The van der Waals surface area contributed by atoms with Gasteiger partial charge >= 0.3 is 0 Å². The van der Waals surface area contributed by atoms with Gasteiger partial charge in [-0.25, -0.2) is 0 Å². The number of halogens is 2. The lowest BCUT2D eigenvalue weighted by Gasteiger charge is -1.75. The first kappa shape index (κ1) is 13.2. The van der Waals surface area contributed by atoms with E-state index in [1.165, 1.54) is 0 Å². The van der Waals surface area contributed by atoms with Crippen molar-refractivity contribution >= 4 is 23.2 Å². The summed E-state index contributed by atoms with van der Waals surface area (Å²) in [6, 6.07) is 3.87. The van der Waals surface area contributed by atoms with Crippen LogP contribution in [-0.2, 0) is 0 Å². The third-order valence-electron chi connectivity index (χ3n) is 0.629. The van der Waals surface area contributed by atoms with Gasteiger partial charge in [-0.3, -0.25) is 0 Å². The van der Waals surface area contributed by atoms with Gasteiger partial charge in [0.25, 0.3) is 0 Å². The van der Waals surface area contributed by atoms with E-state index < -0.39 is 0 Å². The van der Waals surface area contributed by atoms with E-state index in [4.69, 9.17) is 33.7 Å². The molecule has 0 atom stereocenters. The van der Waals surface area contributed by atoms with Crippen LogP contribution in [0.4, 0.5) is 0 Å². The normalized spacial score (nSPS) is 6.91. The minimum Gasteiger partial charge on any atom is -0.198 e. The highest BCUT2D eigenvalue weighted by Gasteiger charge is 1.76. The number of alkyl halides is 2. The fourth-order valence-corrected chi connectivity index (χ4v) is 0.406. The first-order valence-corrected chi connectivity index (χ1v) is 4.26. The highest BCUT2D eigenvalue weighted by molar-refractivity contribution is 6.18. The molecule has 0 aromatic rings. The summed E-state index contributed by atoms with van der Waals surface area (Å²) >= 11 is 10.3. The smallest absolute Gasteiger partial charge is 0.0634 e. The van der Waals surface area contributed by atoms with Crippen LogP contribution in [0.2, 0.25) is 0 Å². The van der Waals surface area contributed by atoms with Crippen molar-refractivity contribution in [2.24, 2.45) is 0 Å². The van der Waals surface area contributed by atoms with Gasteiger partial charge in [0.1, 0.15) is 0 Å². The fraction of sp³-hybridized carbons (Fsp3) is 0.714. The van der Waals surface area contributed by atoms with Gasteiger partial charge < -0.3 is 0 Å². The molecule has 11 heavy (non-hydrogen) atoms. The summed E-state index contributed by atoms with van der Waals surface area (Å²) in [4.78, 5) is 0. The molecule has 0 N–H and O–H groups in total. The average Bonchev–Trinajstić information content (AvgIpc) is 2.04. The highest BCUT2D eigenvalue weighted by atomic mass is 35.5. The van der Waals surface area contributed by atoms with E-state index in [0.29, 0.717) is 24.6 Å². The summed E-state index contributed by atoms with van der Waals surface area (Å²) in [6.45, 7) is 0. The molecule has 0 aromatic heterocycles. The minimum atomic E-state index is 0.455. The van der Waals surface area contributed by atoms with Crippen molar-refractivity contribution in [1.29, 1.82) is 10.5 Å². The summed E-state index contributed by atoms with van der Waals surface area (Å²) in [7, 11) is 0. The Hall–Kier alpha value is -0.440. The Bertz CT molecular complexity index is 134. The van der Waals surface area contributed by atoms with Crippen molar-refractivity contribution in [2.45, 2.75) is 19.3 Å². The van der Waals surface area contributed by atoms with Crippen molar-refractivity contribution < 1.29 is 0 Å². The first-order valence-electron chi connectivity index (χ1n) is 3.19. The maximum atomic E-state index is 7.89. The van der Waals surface area contributed by atoms with Crippen LogP contribution in [-0.4, -0.2) is 11.8 Å². The lowest BCUT2D eigenvalue weighted by molar-refractivity contribution is 0.976. The van der Waals surface area contributed by atoms with Crippen molar-refractivity contribution in [3.8, 4) is 12.1 Å². The van der Waals surface area contributed by atoms with Crippen LogP contribution < -0.4 is 0 Å². The summed E-state index contributed by atoms with van der Waals surface area (Å²) in [5.74, 6) is 1.06. The minimum absolute atomic E-state index is 0.455. The predicted molar refractivity (Wildman–Crippen MR) is 46.5 cm³/mol. The van der Waals surface area contributed by atoms with Gasteiger partial charge in [0.15, 0.2) is 0 Å². The van der Waals surface area contributed by atoms with E-state index in [1.807, 2.05) is 12.1 Å². The maximum absolute atomic E-state index is 7.89. The molecule has 0 rings (SSSR count). The Morgan fingerprint density at radius 1 is 0.909 bits per heavy atom. The van der Waals surface area contributed by atoms with Crippen molar-refractivity contribution in [2.75, 3.05) is 11.8 Å². The number of unbranched alkanes of at least 4 members (excludes halogenated alkanes) is 1. The summed E-state index contributed by atoms with van der Waals surface area (Å²) < 4.78 is 0. The van der Waals surface area contributed by atoms with Crippen molar-refractivity contribution in [3.63, 3.8) is 0 Å². The predicted octanol–water partition coefficient (Wildman–Crippen LogP) is 2.67. The third-order valence-corrected chi connectivity index (χ3v) is 1.08. The molecule has 0 aromatic carbocycles. The number of rotatable bonds is 3. The topological polar surface area (TPSA) is 47.6 Å². The summed E-state index contributed by atoms with van der Waals surface area (Å²) in [6.07, 6.45) is 1.86. The second-order valence-electron chi connectivity index (χ2n) is 1.55. The van der Waals surface area contributed by atoms with Crippen LogP contribution in [0.15, 0.2) is 0 Å². The number of hydrogen-bond donors (Lipinski definition) is 0. The SMILES string of the molecule is N#CCCCCl.N#CCCCl. The van der Waals surface area contributed by atoms with Crippen LogP contribution in [0, 0.1) is 22.7 Å². The zero-order valence-electron chi connectivity index (χ0n) is 6.19. The molecule has 0 aliphatic heterocycles. The van der Waals surface area contributed by atoms with E-state index >= 15 is 0 Å². The van der Waals surface area contributed by atoms with Crippen LogP contribution in [0.5, 0.6) is 0 Å². The molecular weight excluding hydrogens is 183 g/mol. The van der Waals surface area contributed by atoms with E-state index in [1.54, 1.807) is 0 Å². The molecule has 0 amide bonds. The largest absolute Gasteiger partial charge is 0.198 e. The van der Waals surface area contributed by atoms with Gasteiger partial charge in [-0.15, -0.1) is 23.2 Å². The number of nitriles is 2. The Balaban J connectivity index is 0. The molecule has 0 heterocycles. The average molecular weight is 193 g/mol. The zero-order chi connectivity index (χ0) is 8.95. The molecule has 0 aliphatic rings. The van der Waals surface area contributed by atoms with Gasteiger partial charge in [-0.2, -0.15) is 10.5 Å². The second-order valence-corrected chi connectivity index (χ2v) is 2.30. The first-order chi connectivity index (χ1) is 5.33. The van der Waals surface area contributed by atoms with E-state index in [9.17, 15) is 0 Å². The third kappa shape index (κ3) is 26.3. The molecule has 0 saturated heterocycles. The maximum Gasteiger partial charge on any atom is 0.0634 e. The van der Waals surface area contributed by atoms with Gasteiger partial charge in [0.2, 0.25) is 0 Å². The molecule has 0 unspecified atom stereocenters. The Morgan fingerprint density at radius 2 is 1.45 bits per heavy atom. The van der Waals surface area contributed by atoms with Crippen LogP contribution >= 0.6 is 23.2 Å². The fourth-order valence-electron chi connectivity index (χ4n) is 0.188.